The molecule has 1 fully saturated rings. The van der Waals surface area contributed by atoms with E-state index < -0.39 is 0 Å². The molecule has 3 rings (SSSR count). The van der Waals surface area contributed by atoms with E-state index in [0.29, 0.717) is 33.9 Å². The fourth-order valence-corrected chi connectivity index (χ4v) is 4.71. The van der Waals surface area contributed by atoms with Crippen LogP contribution in [-0.4, -0.2) is 36.0 Å². The van der Waals surface area contributed by atoms with Crippen LogP contribution in [0.25, 0.3) is 6.08 Å². The number of methoxy groups -OCH3 is 2. The number of rotatable bonds is 7. The van der Waals surface area contributed by atoms with Gasteiger partial charge in [0.1, 0.15) is 10.1 Å². The summed E-state index contributed by atoms with van der Waals surface area (Å²) in [4.78, 5) is 15.1. The van der Waals surface area contributed by atoms with Gasteiger partial charge in [0.15, 0.2) is 11.5 Å². The first-order chi connectivity index (χ1) is 14.0. The third-order valence-corrected chi connectivity index (χ3v) is 6.17. The van der Waals surface area contributed by atoms with Gasteiger partial charge in [-0.25, -0.2) is 0 Å². The Hall–Kier alpha value is -2.03. The number of carbonyl (C=O) groups excluding carboxylic acids is 1. The average Bonchev–Trinajstić information content (AvgIpc) is 2.96. The molecule has 0 aromatic heterocycles. The highest BCUT2D eigenvalue weighted by atomic mass is 79.9. The van der Waals surface area contributed by atoms with E-state index in [1.807, 2.05) is 49.4 Å². The van der Waals surface area contributed by atoms with Gasteiger partial charge in [-0.3, -0.25) is 9.69 Å². The molecule has 5 nitrogen and oxygen atoms in total. The van der Waals surface area contributed by atoms with Crippen molar-refractivity contribution < 1.29 is 19.0 Å². The maximum absolute atomic E-state index is 12.9. The van der Waals surface area contributed by atoms with Crippen LogP contribution >= 0.6 is 39.9 Å². The van der Waals surface area contributed by atoms with Gasteiger partial charge in [-0.15, -0.1) is 0 Å². The Morgan fingerprint density at radius 1 is 1.17 bits per heavy atom. The summed E-state index contributed by atoms with van der Waals surface area (Å²) in [5.41, 5.74) is 1.81. The standard InChI is InChI=1S/C21H20BrNO4S2/c1-4-27-17-10-14(9-16(22)19(17)26-3)11-18-20(24)23(21(28)29-18)12-13-5-7-15(25-2)8-6-13/h5-11H,4,12H2,1-3H3/b18-11-. The monoisotopic (exact) mass is 493 g/mol. The molecule has 2 aromatic rings. The highest BCUT2D eigenvalue weighted by Gasteiger charge is 2.32. The smallest absolute Gasteiger partial charge is 0.266 e. The van der Waals surface area contributed by atoms with Crippen LogP contribution in [0.2, 0.25) is 0 Å². The lowest BCUT2D eigenvalue weighted by atomic mass is 10.1. The van der Waals surface area contributed by atoms with Crippen LogP contribution in [-0.2, 0) is 11.3 Å². The number of halogens is 1. The Kier molecular flexibility index (Phi) is 7.21. The number of benzene rings is 2. The second kappa shape index (κ2) is 9.65. The minimum atomic E-state index is -0.110. The zero-order chi connectivity index (χ0) is 21.0. The van der Waals surface area contributed by atoms with Crippen molar-refractivity contribution in [2.45, 2.75) is 13.5 Å². The third-order valence-electron chi connectivity index (χ3n) is 4.21. The minimum absolute atomic E-state index is 0.110. The van der Waals surface area contributed by atoms with Gasteiger partial charge in [0.2, 0.25) is 0 Å². The number of hydrogen-bond acceptors (Lipinski definition) is 6. The van der Waals surface area contributed by atoms with E-state index in [0.717, 1.165) is 21.3 Å². The molecule has 1 heterocycles. The number of hydrogen-bond donors (Lipinski definition) is 0. The Balaban J connectivity index is 1.83. The summed E-state index contributed by atoms with van der Waals surface area (Å²) in [6, 6.07) is 11.3. The molecule has 8 heteroatoms. The van der Waals surface area contributed by atoms with Gasteiger partial charge in [-0.1, -0.05) is 36.1 Å². The van der Waals surface area contributed by atoms with Gasteiger partial charge >= 0.3 is 0 Å². The Morgan fingerprint density at radius 2 is 1.90 bits per heavy atom. The molecule has 1 aliphatic heterocycles. The summed E-state index contributed by atoms with van der Waals surface area (Å²) in [6.45, 7) is 2.84. The van der Waals surface area contributed by atoms with E-state index in [1.54, 1.807) is 19.1 Å². The van der Waals surface area contributed by atoms with Gasteiger partial charge in [-0.2, -0.15) is 0 Å². The molecule has 0 radical (unpaired) electrons. The van der Waals surface area contributed by atoms with E-state index in [-0.39, 0.29) is 5.91 Å². The van der Waals surface area contributed by atoms with Crippen LogP contribution in [0.1, 0.15) is 18.1 Å². The molecule has 1 aliphatic rings. The summed E-state index contributed by atoms with van der Waals surface area (Å²) >= 11 is 10.2. The van der Waals surface area contributed by atoms with Crippen molar-refractivity contribution in [1.29, 1.82) is 0 Å². The topological polar surface area (TPSA) is 48.0 Å². The SMILES string of the molecule is CCOc1cc(/C=C2\SC(=S)N(Cc3ccc(OC)cc3)C2=O)cc(Br)c1OC. The molecule has 0 N–H and O–H groups in total. The molecular weight excluding hydrogens is 474 g/mol. The molecule has 0 aliphatic carbocycles. The first-order valence-electron chi connectivity index (χ1n) is 8.85. The van der Waals surface area contributed by atoms with Crippen LogP contribution in [0.3, 0.4) is 0 Å². The minimum Gasteiger partial charge on any atom is -0.497 e. The molecule has 0 atom stereocenters. The van der Waals surface area contributed by atoms with Gasteiger partial charge in [0, 0.05) is 0 Å². The fraction of sp³-hybridized carbons (Fsp3) is 0.238. The predicted molar refractivity (Wildman–Crippen MR) is 124 cm³/mol. The summed E-state index contributed by atoms with van der Waals surface area (Å²) in [7, 11) is 3.21. The van der Waals surface area contributed by atoms with Crippen LogP contribution in [0.4, 0.5) is 0 Å². The number of nitrogens with zero attached hydrogens (tertiary/aromatic N) is 1. The van der Waals surface area contributed by atoms with Crippen molar-refractivity contribution in [3.63, 3.8) is 0 Å². The van der Waals surface area contributed by atoms with Gasteiger partial charge in [0.25, 0.3) is 5.91 Å². The van der Waals surface area contributed by atoms with E-state index in [9.17, 15) is 4.79 Å². The average molecular weight is 494 g/mol. The molecule has 152 valence electrons. The van der Waals surface area contributed by atoms with E-state index >= 15 is 0 Å². The summed E-state index contributed by atoms with van der Waals surface area (Å²) in [6.07, 6.45) is 1.82. The van der Waals surface area contributed by atoms with Crippen LogP contribution in [0.5, 0.6) is 17.2 Å². The fourth-order valence-electron chi connectivity index (χ4n) is 2.83. The highest BCUT2D eigenvalue weighted by molar-refractivity contribution is 9.10. The molecule has 0 saturated carbocycles. The number of thioether (sulfide) groups is 1. The van der Waals surface area contributed by atoms with Crippen molar-refractivity contribution in [2.24, 2.45) is 0 Å². The lowest BCUT2D eigenvalue weighted by molar-refractivity contribution is -0.122. The largest absolute Gasteiger partial charge is 0.497 e. The second-order valence-electron chi connectivity index (χ2n) is 6.08. The highest BCUT2D eigenvalue weighted by Crippen LogP contribution is 2.39. The Labute approximate surface area is 188 Å². The zero-order valence-electron chi connectivity index (χ0n) is 16.2. The Bertz CT molecular complexity index is 960. The first-order valence-corrected chi connectivity index (χ1v) is 10.9. The maximum Gasteiger partial charge on any atom is 0.266 e. The molecule has 0 spiro atoms. The Morgan fingerprint density at radius 3 is 2.52 bits per heavy atom. The van der Waals surface area contributed by atoms with Crippen molar-refractivity contribution in [2.75, 3.05) is 20.8 Å². The number of amides is 1. The molecular formula is C21H20BrNO4S2. The first kappa shape index (κ1) is 21.7. The molecule has 1 amide bonds. The van der Waals surface area contributed by atoms with E-state index in [1.165, 1.54) is 11.8 Å². The number of thiocarbonyl (C=S) groups is 1. The van der Waals surface area contributed by atoms with Crippen LogP contribution in [0.15, 0.2) is 45.8 Å². The quantitative estimate of drug-likeness (QED) is 0.386. The van der Waals surface area contributed by atoms with Crippen molar-refractivity contribution >= 4 is 56.2 Å². The molecule has 29 heavy (non-hydrogen) atoms. The zero-order valence-corrected chi connectivity index (χ0v) is 19.4. The molecule has 1 saturated heterocycles. The molecule has 0 bridgehead atoms. The van der Waals surface area contributed by atoms with Gasteiger partial charge < -0.3 is 14.2 Å². The summed E-state index contributed by atoms with van der Waals surface area (Å²) in [5, 5.41) is 0. The van der Waals surface area contributed by atoms with Crippen molar-refractivity contribution in [3.8, 4) is 17.2 Å². The lowest BCUT2D eigenvalue weighted by Gasteiger charge is -2.14. The van der Waals surface area contributed by atoms with Gasteiger partial charge in [0.05, 0.1) is 36.7 Å². The lowest BCUT2D eigenvalue weighted by Crippen LogP contribution is -2.27. The summed E-state index contributed by atoms with van der Waals surface area (Å²) in [5.74, 6) is 1.90. The number of ether oxygens (including phenoxy) is 3. The molecule has 2 aromatic carbocycles. The van der Waals surface area contributed by atoms with Crippen molar-refractivity contribution in [1.82, 2.24) is 4.90 Å². The maximum atomic E-state index is 12.9. The predicted octanol–water partition coefficient (Wildman–Crippen LogP) is 5.27. The number of carbonyl (C=O) groups is 1. The second-order valence-corrected chi connectivity index (χ2v) is 8.61. The van der Waals surface area contributed by atoms with E-state index in [4.69, 9.17) is 26.4 Å². The van der Waals surface area contributed by atoms with Crippen LogP contribution in [0, 0.1) is 0 Å². The normalized spacial score (nSPS) is 15.2. The molecule has 0 unspecified atom stereocenters. The van der Waals surface area contributed by atoms with Crippen LogP contribution < -0.4 is 14.2 Å². The summed E-state index contributed by atoms with van der Waals surface area (Å²) < 4.78 is 17.5. The van der Waals surface area contributed by atoms with Gasteiger partial charge in [-0.05, 0) is 64.3 Å². The van der Waals surface area contributed by atoms with Crippen molar-refractivity contribution in [3.05, 3.63) is 56.9 Å². The third kappa shape index (κ3) is 4.94. The van der Waals surface area contributed by atoms with E-state index in [2.05, 4.69) is 15.9 Å².